The van der Waals surface area contributed by atoms with E-state index in [9.17, 15) is 0 Å². The van der Waals surface area contributed by atoms with Gasteiger partial charge in [0.15, 0.2) is 0 Å². The standard InChI is InChI=1S/C11H11ClN2S/c12-10-4-2-1-3-9(10)7-13-8-11-14-5-6-15-11/h1-6,13H,7-8H2. The molecular weight excluding hydrogens is 228 g/mol. The fourth-order valence-corrected chi connectivity index (χ4v) is 2.07. The van der Waals surface area contributed by atoms with Crippen LogP contribution in [0.1, 0.15) is 10.6 Å². The third kappa shape index (κ3) is 3.02. The molecule has 2 aromatic rings. The van der Waals surface area contributed by atoms with Crippen molar-refractivity contribution in [1.29, 1.82) is 0 Å². The van der Waals surface area contributed by atoms with Crippen LogP contribution in [0.15, 0.2) is 35.8 Å². The van der Waals surface area contributed by atoms with Gasteiger partial charge in [0.1, 0.15) is 5.01 Å². The van der Waals surface area contributed by atoms with E-state index in [2.05, 4.69) is 10.3 Å². The van der Waals surface area contributed by atoms with Gasteiger partial charge in [-0.3, -0.25) is 0 Å². The van der Waals surface area contributed by atoms with E-state index in [0.29, 0.717) is 0 Å². The molecule has 78 valence electrons. The molecule has 0 unspecified atom stereocenters. The van der Waals surface area contributed by atoms with Crippen molar-refractivity contribution in [1.82, 2.24) is 10.3 Å². The highest BCUT2D eigenvalue weighted by atomic mass is 35.5. The van der Waals surface area contributed by atoms with Crippen molar-refractivity contribution in [2.45, 2.75) is 13.1 Å². The van der Waals surface area contributed by atoms with Crippen LogP contribution in [0.5, 0.6) is 0 Å². The van der Waals surface area contributed by atoms with Crippen LogP contribution in [0.4, 0.5) is 0 Å². The van der Waals surface area contributed by atoms with E-state index < -0.39 is 0 Å². The zero-order chi connectivity index (χ0) is 10.5. The Bertz CT molecular complexity index is 414. The first kappa shape index (κ1) is 10.6. The molecule has 0 amide bonds. The van der Waals surface area contributed by atoms with Crippen molar-refractivity contribution in [3.8, 4) is 0 Å². The largest absolute Gasteiger partial charge is 0.306 e. The van der Waals surface area contributed by atoms with Crippen molar-refractivity contribution >= 4 is 22.9 Å². The van der Waals surface area contributed by atoms with Crippen LogP contribution >= 0.6 is 22.9 Å². The van der Waals surface area contributed by atoms with Crippen molar-refractivity contribution in [3.63, 3.8) is 0 Å². The summed E-state index contributed by atoms with van der Waals surface area (Å²) in [6, 6.07) is 7.86. The molecule has 0 saturated carbocycles. The third-order valence-electron chi connectivity index (χ3n) is 2.03. The summed E-state index contributed by atoms with van der Waals surface area (Å²) in [5, 5.41) is 7.20. The molecule has 1 N–H and O–H groups in total. The minimum atomic E-state index is 0.777. The molecule has 0 radical (unpaired) electrons. The first-order valence-corrected chi connectivity index (χ1v) is 5.94. The van der Waals surface area contributed by atoms with Gasteiger partial charge in [0.2, 0.25) is 0 Å². The molecule has 1 aromatic carbocycles. The van der Waals surface area contributed by atoms with E-state index >= 15 is 0 Å². The molecule has 2 rings (SSSR count). The van der Waals surface area contributed by atoms with Crippen LogP contribution < -0.4 is 5.32 Å². The average molecular weight is 239 g/mol. The number of hydrogen-bond acceptors (Lipinski definition) is 3. The van der Waals surface area contributed by atoms with E-state index in [1.165, 1.54) is 0 Å². The number of rotatable bonds is 4. The maximum atomic E-state index is 6.03. The monoisotopic (exact) mass is 238 g/mol. The maximum Gasteiger partial charge on any atom is 0.106 e. The Hall–Kier alpha value is -0.900. The molecule has 0 saturated heterocycles. The van der Waals surface area contributed by atoms with Crippen molar-refractivity contribution < 1.29 is 0 Å². The highest BCUT2D eigenvalue weighted by molar-refractivity contribution is 7.09. The molecular formula is C11H11ClN2S. The smallest absolute Gasteiger partial charge is 0.106 e. The van der Waals surface area contributed by atoms with Crippen LogP contribution in [0.2, 0.25) is 5.02 Å². The maximum absolute atomic E-state index is 6.03. The minimum Gasteiger partial charge on any atom is -0.306 e. The molecule has 1 heterocycles. The first-order chi connectivity index (χ1) is 7.36. The second kappa shape index (κ2) is 5.26. The highest BCUT2D eigenvalue weighted by Crippen LogP contribution is 2.14. The summed E-state index contributed by atoms with van der Waals surface area (Å²) in [5.74, 6) is 0. The van der Waals surface area contributed by atoms with Crippen LogP contribution in [0.25, 0.3) is 0 Å². The topological polar surface area (TPSA) is 24.9 Å². The number of nitrogens with zero attached hydrogens (tertiary/aromatic N) is 1. The second-order valence-corrected chi connectivity index (χ2v) is 4.51. The van der Waals surface area contributed by atoms with Crippen molar-refractivity contribution in [3.05, 3.63) is 51.4 Å². The SMILES string of the molecule is Clc1ccccc1CNCc1nccs1. The molecule has 0 atom stereocenters. The normalized spacial score (nSPS) is 10.5. The predicted octanol–water partition coefficient (Wildman–Crippen LogP) is 3.09. The van der Waals surface area contributed by atoms with Gasteiger partial charge in [0.25, 0.3) is 0 Å². The summed E-state index contributed by atoms with van der Waals surface area (Å²) < 4.78 is 0. The molecule has 0 aliphatic carbocycles. The zero-order valence-corrected chi connectivity index (χ0v) is 9.68. The van der Waals surface area contributed by atoms with Crippen LogP contribution in [0.3, 0.4) is 0 Å². The molecule has 0 bridgehead atoms. The second-order valence-electron chi connectivity index (χ2n) is 3.12. The number of nitrogens with one attached hydrogen (secondary N) is 1. The predicted molar refractivity (Wildman–Crippen MR) is 64.1 cm³/mol. The summed E-state index contributed by atoms with van der Waals surface area (Å²) in [4.78, 5) is 4.19. The molecule has 0 fully saturated rings. The van der Waals surface area contributed by atoms with E-state index in [1.807, 2.05) is 35.8 Å². The fraction of sp³-hybridized carbons (Fsp3) is 0.182. The van der Waals surface area contributed by atoms with Crippen LogP contribution in [-0.4, -0.2) is 4.98 Å². The van der Waals surface area contributed by atoms with Crippen molar-refractivity contribution in [2.24, 2.45) is 0 Å². The highest BCUT2D eigenvalue weighted by Gasteiger charge is 1.99. The fourth-order valence-electron chi connectivity index (χ4n) is 1.29. The summed E-state index contributed by atoms with van der Waals surface area (Å²) in [5.41, 5.74) is 1.12. The summed E-state index contributed by atoms with van der Waals surface area (Å²) in [6.07, 6.45) is 1.82. The lowest BCUT2D eigenvalue weighted by molar-refractivity contribution is 0.690. The lowest BCUT2D eigenvalue weighted by atomic mass is 10.2. The number of aromatic nitrogens is 1. The number of halogens is 1. The molecule has 1 aromatic heterocycles. The van der Waals surface area contributed by atoms with Gasteiger partial charge in [0, 0.05) is 29.7 Å². The third-order valence-corrected chi connectivity index (χ3v) is 3.18. The lowest BCUT2D eigenvalue weighted by Crippen LogP contribution is -2.12. The minimum absolute atomic E-state index is 0.777. The molecule has 0 spiro atoms. The van der Waals surface area contributed by atoms with Crippen molar-refractivity contribution in [2.75, 3.05) is 0 Å². The van der Waals surface area contributed by atoms with Crippen LogP contribution in [0, 0.1) is 0 Å². The Balaban J connectivity index is 1.86. The van der Waals surface area contributed by atoms with Gasteiger partial charge in [-0.25, -0.2) is 4.98 Å². The van der Waals surface area contributed by atoms with Gasteiger partial charge < -0.3 is 5.32 Å². The van der Waals surface area contributed by atoms with Gasteiger partial charge in [-0.05, 0) is 11.6 Å². The number of thiazole rings is 1. The molecule has 4 heteroatoms. The number of benzene rings is 1. The molecule has 0 aliphatic rings. The quantitative estimate of drug-likeness (QED) is 0.886. The van der Waals surface area contributed by atoms with Crippen LogP contribution in [-0.2, 0) is 13.1 Å². The van der Waals surface area contributed by atoms with Gasteiger partial charge in [-0.2, -0.15) is 0 Å². The van der Waals surface area contributed by atoms with E-state index in [0.717, 1.165) is 28.7 Å². The van der Waals surface area contributed by atoms with E-state index in [1.54, 1.807) is 11.3 Å². The number of hydrogen-bond donors (Lipinski definition) is 1. The Morgan fingerprint density at radius 3 is 2.87 bits per heavy atom. The Kier molecular flexibility index (Phi) is 3.72. The molecule has 0 aliphatic heterocycles. The van der Waals surface area contributed by atoms with Gasteiger partial charge >= 0.3 is 0 Å². The van der Waals surface area contributed by atoms with Gasteiger partial charge in [0.05, 0.1) is 0 Å². The summed E-state index contributed by atoms with van der Waals surface area (Å²) in [6.45, 7) is 1.57. The zero-order valence-electron chi connectivity index (χ0n) is 8.11. The van der Waals surface area contributed by atoms with Gasteiger partial charge in [-0.15, -0.1) is 11.3 Å². The molecule has 15 heavy (non-hydrogen) atoms. The van der Waals surface area contributed by atoms with E-state index in [4.69, 9.17) is 11.6 Å². The Morgan fingerprint density at radius 2 is 2.13 bits per heavy atom. The molecule has 2 nitrogen and oxygen atoms in total. The van der Waals surface area contributed by atoms with Gasteiger partial charge in [-0.1, -0.05) is 29.8 Å². The van der Waals surface area contributed by atoms with E-state index in [-0.39, 0.29) is 0 Å². The first-order valence-electron chi connectivity index (χ1n) is 4.69. The average Bonchev–Trinajstić information content (AvgIpc) is 2.74. The summed E-state index contributed by atoms with van der Waals surface area (Å²) >= 11 is 7.69. The lowest BCUT2D eigenvalue weighted by Gasteiger charge is -2.04. The summed E-state index contributed by atoms with van der Waals surface area (Å²) in [7, 11) is 0. The Morgan fingerprint density at radius 1 is 1.27 bits per heavy atom. The Labute approximate surface area is 97.9 Å².